The first-order chi connectivity index (χ1) is 15.2. The Kier molecular flexibility index (Phi) is 5.48. The maximum Gasteiger partial charge on any atom is 0.254 e. The number of piperazine rings is 1. The van der Waals surface area contributed by atoms with Crippen LogP contribution in [-0.4, -0.2) is 60.8 Å². The van der Waals surface area contributed by atoms with Crippen molar-refractivity contribution in [2.45, 2.75) is 6.54 Å². The summed E-state index contributed by atoms with van der Waals surface area (Å²) in [6, 6.07) is 13.3. The molecule has 1 aromatic heterocycles. The van der Waals surface area contributed by atoms with Crippen molar-refractivity contribution in [2.75, 3.05) is 40.1 Å². The zero-order valence-electron chi connectivity index (χ0n) is 17.2. The predicted molar refractivity (Wildman–Crippen MR) is 118 cm³/mol. The van der Waals surface area contributed by atoms with Crippen LogP contribution in [0.1, 0.15) is 15.4 Å². The Morgan fingerprint density at radius 1 is 1.10 bits per heavy atom. The van der Waals surface area contributed by atoms with Crippen LogP contribution in [0.4, 0.5) is 0 Å². The van der Waals surface area contributed by atoms with Gasteiger partial charge in [-0.15, -0.1) is 11.3 Å². The van der Waals surface area contributed by atoms with Crippen molar-refractivity contribution in [3.05, 3.63) is 58.4 Å². The maximum atomic E-state index is 12.9. The number of nitrogens with zero attached hydrogens (tertiary/aromatic N) is 3. The summed E-state index contributed by atoms with van der Waals surface area (Å²) in [7, 11) is 1.67. The maximum absolute atomic E-state index is 12.9. The van der Waals surface area contributed by atoms with E-state index in [0.717, 1.165) is 41.6 Å². The average molecular weight is 438 g/mol. The van der Waals surface area contributed by atoms with Crippen LogP contribution in [0.25, 0.3) is 11.3 Å². The van der Waals surface area contributed by atoms with Gasteiger partial charge < -0.3 is 19.1 Å². The van der Waals surface area contributed by atoms with Crippen LogP contribution < -0.4 is 14.2 Å². The van der Waals surface area contributed by atoms with Gasteiger partial charge in [0.25, 0.3) is 5.91 Å². The molecule has 1 amide bonds. The van der Waals surface area contributed by atoms with Crippen LogP contribution >= 0.6 is 11.3 Å². The van der Waals surface area contributed by atoms with Crippen molar-refractivity contribution >= 4 is 17.2 Å². The van der Waals surface area contributed by atoms with Crippen LogP contribution in [0.3, 0.4) is 0 Å². The second-order valence-corrected chi connectivity index (χ2v) is 8.44. The molecule has 2 aromatic carbocycles. The van der Waals surface area contributed by atoms with E-state index in [2.05, 4.69) is 10.3 Å². The number of carbonyl (C=O) groups excluding carboxylic acids is 1. The van der Waals surface area contributed by atoms with Gasteiger partial charge in [-0.2, -0.15) is 0 Å². The molecule has 0 atom stereocenters. The monoisotopic (exact) mass is 437 g/mol. The third-order valence-electron chi connectivity index (χ3n) is 5.56. The van der Waals surface area contributed by atoms with Crippen molar-refractivity contribution in [2.24, 2.45) is 0 Å². The van der Waals surface area contributed by atoms with E-state index in [1.54, 1.807) is 36.6 Å². The van der Waals surface area contributed by atoms with E-state index in [9.17, 15) is 4.79 Å². The molecule has 0 aliphatic carbocycles. The van der Waals surface area contributed by atoms with E-state index in [1.165, 1.54) is 0 Å². The third-order valence-corrected chi connectivity index (χ3v) is 6.39. The predicted octanol–water partition coefficient (Wildman–Crippen LogP) is 3.51. The van der Waals surface area contributed by atoms with E-state index in [-0.39, 0.29) is 12.7 Å². The number of rotatable bonds is 5. The van der Waals surface area contributed by atoms with Gasteiger partial charge in [0.15, 0.2) is 11.5 Å². The fourth-order valence-corrected chi connectivity index (χ4v) is 4.66. The molecule has 0 saturated carbocycles. The summed E-state index contributed by atoms with van der Waals surface area (Å²) in [5.74, 6) is 2.20. The van der Waals surface area contributed by atoms with Gasteiger partial charge in [-0.3, -0.25) is 9.69 Å². The molecular weight excluding hydrogens is 414 g/mol. The summed E-state index contributed by atoms with van der Waals surface area (Å²) >= 11 is 1.67. The molecule has 2 aliphatic heterocycles. The second-order valence-electron chi connectivity index (χ2n) is 7.49. The van der Waals surface area contributed by atoms with E-state index in [1.807, 2.05) is 29.2 Å². The highest BCUT2D eigenvalue weighted by atomic mass is 32.1. The quantitative estimate of drug-likeness (QED) is 0.609. The Balaban J connectivity index is 1.18. The zero-order chi connectivity index (χ0) is 21.2. The normalized spacial score (nSPS) is 15.8. The molecule has 5 rings (SSSR count). The lowest BCUT2D eigenvalue weighted by atomic mass is 10.1. The molecule has 3 heterocycles. The van der Waals surface area contributed by atoms with Crippen LogP contribution in [0.15, 0.2) is 47.8 Å². The Hall–Kier alpha value is -3.10. The summed E-state index contributed by atoms with van der Waals surface area (Å²) in [5, 5.41) is 3.16. The lowest BCUT2D eigenvalue weighted by Crippen LogP contribution is -2.48. The summed E-state index contributed by atoms with van der Waals surface area (Å²) in [6.45, 7) is 4.04. The van der Waals surface area contributed by atoms with E-state index in [4.69, 9.17) is 19.2 Å². The van der Waals surface area contributed by atoms with Crippen LogP contribution in [0, 0.1) is 0 Å². The number of aromatic nitrogens is 1. The standard InChI is InChI=1S/C23H23N3O4S/c1-28-18-4-2-3-16(11-18)19-14-31-22(24-19)13-25-7-9-26(10-8-25)23(27)17-5-6-20-21(12-17)30-15-29-20/h2-6,11-12,14H,7-10,13,15H2,1H3. The van der Waals surface area contributed by atoms with Gasteiger partial charge >= 0.3 is 0 Å². The Morgan fingerprint density at radius 3 is 2.77 bits per heavy atom. The molecular formula is C23H23N3O4S. The zero-order valence-corrected chi connectivity index (χ0v) is 18.1. The molecule has 1 saturated heterocycles. The Labute approximate surface area is 184 Å². The van der Waals surface area contributed by atoms with Gasteiger partial charge in [-0.25, -0.2) is 4.98 Å². The first kappa shape index (κ1) is 19.8. The summed E-state index contributed by atoms with van der Waals surface area (Å²) in [4.78, 5) is 21.9. The van der Waals surface area contributed by atoms with Gasteiger partial charge in [-0.05, 0) is 30.3 Å². The molecule has 8 heteroatoms. The largest absolute Gasteiger partial charge is 0.497 e. The lowest BCUT2D eigenvalue weighted by molar-refractivity contribution is 0.0628. The molecule has 160 valence electrons. The summed E-state index contributed by atoms with van der Waals surface area (Å²) in [5.41, 5.74) is 2.66. The number of benzene rings is 2. The van der Waals surface area contributed by atoms with Gasteiger partial charge in [0, 0.05) is 42.7 Å². The molecule has 0 unspecified atom stereocenters. The van der Waals surface area contributed by atoms with Gasteiger partial charge in [0.2, 0.25) is 6.79 Å². The number of ether oxygens (including phenoxy) is 3. The summed E-state index contributed by atoms with van der Waals surface area (Å²) < 4.78 is 16.0. The second kappa shape index (κ2) is 8.56. The minimum absolute atomic E-state index is 0.0347. The number of fused-ring (bicyclic) bond motifs is 1. The van der Waals surface area contributed by atoms with Crippen molar-refractivity contribution in [3.63, 3.8) is 0 Å². The topological polar surface area (TPSA) is 64.1 Å². The van der Waals surface area contributed by atoms with Crippen molar-refractivity contribution in [3.8, 4) is 28.5 Å². The number of methoxy groups -OCH3 is 1. The minimum Gasteiger partial charge on any atom is -0.497 e. The molecule has 0 N–H and O–H groups in total. The van der Waals surface area contributed by atoms with E-state index in [0.29, 0.717) is 30.2 Å². The van der Waals surface area contributed by atoms with Crippen LogP contribution in [0.5, 0.6) is 17.2 Å². The lowest BCUT2D eigenvalue weighted by Gasteiger charge is -2.34. The average Bonchev–Trinajstić information content (AvgIpc) is 3.48. The molecule has 0 radical (unpaired) electrons. The first-order valence-corrected chi connectivity index (χ1v) is 11.1. The number of amides is 1. The number of carbonyl (C=O) groups is 1. The van der Waals surface area contributed by atoms with Gasteiger partial charge in [-0.1, -0.05) is 12.1 Å². The molecule has 31 heavy (non-hydrogen) atoms. The molecule has 0 spiro atoms. The number of thiazole rings is 1. The van der Waals surface area contributed by atoms with Crippen molar-refractivity contribution in [1.82, 2.24) is 14.8 Å². The van der Waals surface area contributed by atoms with Gasteiger partial charge in [0.1, 0.15) is 10.8 Å². The highest BCUT2D eigenvalue weighted by molar-refractivity contribution is 7.09. The highest BCUT2D eigenvalue weighted by Crippen LogP contribution is 2.33. The molecule has 1 fully saturated rings. The van der Waals surface area contributed by atoms with Crippen LogP contribution in [-0.2, 0) is 6.54 Å². The Bertz CT molecular complexity index is 1090. The fourth-order valence-electron chi connectivity index (χ4n) is 3.81. The SMILES string of the molecule is COc1cccc(-c2csc(CN3CCN(C(=O)c4ccc5c(c4)OCO5)CC3)n2)c1. The molecule has 7 nitrogen and oxygen atoms in total. The van der Waals surface area contributed by atoms with Gasteiger partial charge in [0.05, 0.1) is 19.3 Å². The van der Waals surface area contributed by atoms with Crippen molar-refractivity contribution < 1.29 is 19.0 Å². The van der Waals surface area contributed by atoms with E-state index >= 15 is 0 Å². The Morgan fingerprint density at radius 2 is 1.94 bits per heavy atom. The molecule has 2 aliphatic rings. The third kappa shape index (κ3) is 4.22. The molecule has 0 bridgehead atoms. The first-order valence-electron chi connectivity index (χ1n) is 10.2. The minimum atomic E-state index is 0.0347. The highest BCUT2D eigenvalue weighted by Gasteiger charge is 2.24. The smallest absolute Gasteiger partial charge is 0.254 e. The molecule has 3 aromatic rings. The summed E-state index contributed by atoms with van der Waals surface area (Å²) in [6.07, 6.45) is 0. The number of hydrogen-bond acceptors (Lipinski definition) is 7. The van der Waals surface area contributed by atoms with E-state index < -0.39 is 0 Å². The van der Waals surface area contributed by atoms with Crippen LogP contribution in [0.2, 0.25) is 0 Å². The fraction of sp³-hybridized carbons (Fsp3) is 0.304. The van der Waals surface area contributed by atoms with Crippen molar-refractivity contribution in [1.29, 1.82) is 0 Å². The number of hydrogen-bond donors (Lipinski definition) is 0.